The van der Waals surface area contributed by atoms with Crippen molar-refractivity contribution in [1.29, 1.82) is 0 Å². The van der Waals surface area contributed by atoms with E-state index in [1.165, 1.54) is 17.6 Å². The van der Waals surface area contributed by atoms with Gasteiger partial charge in [-0.05, 0) is 86.6 Å². The van der Waals surface area contributed by atoms with Gasteiger partial charge in [-0.25, -0.2) is 10.2 Å². The van der Waals surface area contributed by atoms with Crippen LogP contribution in [0.25, 0.3) is 0 Å². The number of nitrogens with zero attached hydrogens (tertiary/aromatic N) is 1. The number of halogens is 1. The first-order valence-corrected chi connectivity index (χ1v) is 13.9. The van der Waals surface area contributed by atoms with Crippen LogP contribution in [0.3, 0.4) is 0 Å². The highest BCUT2D eigenvalue weighted by atomic mass is 35.5. The van der Waals surface area contributed by atoms with E-state index >= 15 is 0 Å². The maximum atomic E-state index is 13.0. The van der Waals surface area contributed by atoms with Gasteiger partial charge in [0.05, 0.1) is 18.4 Å². The van der Waals surface area contributed by atoms with Crippen LogP contribution in [0, 0.1) is 5.92 Å². The molecular formula is C29H30ClN3O5S. The molecule has 2 amide bonds. The largest absolute Gasteiger partial charge is 0.481 e. The molecule has 1 heterocycles. The van der Waals surface area contributed by atoms with Crippen molar-refractivity contribution in [2.75, 3.05) is 11.9 Å². The number of nitrogens with one attached hydrogen (secondary N) is 2. The number of hydrogen-bond acceptors (Lipinski definition) is 7. The number of benzene rings is 2. The van der Waals surface area contributed by atoms with Crippen LogP contribution in [0.15, 0.2) is 53.6 Å². The third-order valence-corrected chi connectivity index (χ3v) is 7.66. The van der Waals surface area contributed by atoms with Gasteiger partial charge in [-0.15, -0.1) is 11.3 Å². The Bertz CT molecular complexity index is 1390. The Morgan fingerprint density at radius 2 is 1.97 bits per heavy atom. The zero-order valence-electron chi connectivity index (χ0n) is 22.0. The maximum absolute atomic E-state index is 13.0. The summed E-state index contributed by atoms with van der Waals surface area (Å²) in [6.07, 6.45) is 3.33. The highest BCUT2D eigenvalue weighted by Crippen LogP contribution is 2.40. The highest BCUT2D eigenvalue weighted by Gasteiger charge is 2.29. The molecule has 204 valence electrons. The lowest BCUT2D eigenvalue weighted by Crippen LogP contribution is -2.33. The number of fused-ring (bicyclic) bond motifs is 1. The van der Waals surface area contributed by atoms with Crippen molar-refractivity contribution >= 4 is 51.9 Å². The lowest BCUT2D eigenvalue weighted by atomic mass is 9.88. The first-order chi connectivity index (χ1) is 18.7. The Labute approximate surface area is 236 Å². The molecule has 2 N–H and O–H groups in total. The molecule has 3 aromatic rings. The lowest BCUT2D eigenvalue weighted by molar-refractivity contribution is -0.127. The average Bonchev–Trinajstić information content (AvgIpc) is 3.26. The van der Waals surface area contributed by atoms with Crippen molar-refractivity contribution in [2.24, 2.45) is 11.0 Å². The van der Waals surface area contributed by atoms with E-state index in [9.17, 15) is 14.4 Å². The summed E-state index contributed by atoms with van der Waals surface area (Å²) in [5.41, 5.74) is 5.03. The van der Waals surface area contributed by atoms with Crippen LogP contribution in [0.5, 0.6) is 5.75 Å². The van der Waals surface area contributed by atoms with E-state index in [1.807, 2.05) is 6.07 Å². The zero-order chi connectivity index (χ0) is 27.9. The van der Waals surface area contributed by atoms with Crippen molar-refractivity contribution in [3.05, 3.63) is 80.7 Å². The summed E-state index contributed by atoms with van der Waals surface area (Å²) in [7, 11) is 0. The molecule has 0 saturated heterocycles. The summed E-state index contributed by atoms with van der Waals surface area (Å²) in [5.74, 6) is -0.243. The molecule has 39 heavy (non-hydrogen) atoms. The molecular weight excluding hydrogens is 538 g/mol. The Hall–Kier alpha value is -3.69. The van der Waals surface area contributed by atoms with E-state index in [-0.39, 0.29) is 12.5 Å². The summed E-state index contributed by atoms with van der Waals surface area (Å²) in [6.45, 7) is 5.81. The SMILES string of the molecule is CCOC(=O)c1c(NC(=O)c2ccc(O[C@H](C)C(=O)N/N=C\c3cccc(Cl)c3)cc2)sc2c1CC[C@@H](C)C2. The predicted octanol–water partition coefficient (Wildman–Crippen LogP) is 5.87. The molecule has 8 nitrogen and oxygen atoms in total. The second-order valence-corrected chi connectivity index (χ2v) is 10.8. The fourth-order valence-corrected chi connectivity index (χ4v) is 5.82. The zero-order valence-corrected chi connectivity index (χ0v) is 23.5. The van der Waals surface area contributed by atoms with Crippen molar-refractivity contribution in [1.82, 2.24) is 5.43 Å². The fraction of sp³-hybridized carbons (Fsp3) is 0.310. The van der Waals surface area contributed by atoms with Gasteiger partial charge >= 0.3 is 5.97 Å². The third kappa shape index (κ3) is 7.25. The lowest BCUT2D eigenvalue weighted by Gasteiger charge is -2.18. The van der Waals surface area contributed by atoms with Gasteiger partial charge < -0.3 is 14.8 Å². The van der Waals surface area contributed by atoms with Gasteiger partial charge in [0.25, 0.3) is 11.8 Å². The molecule has 0 unspecified atom stereocenters. The van der Waals surface area contributed by atoms with Crippen LogP contribution >= 0.6 is 22.9 Å². The van der Waals surface area contributed by atoms with Crippen molar-refractivity contribution < 1.29 is 23.9 Å². The minimum Gasteiger partial charge on any atom is -0.481 e. The average molecular weight is 568 g/mol. The van der Waals surface area contributed by atoms with Gasteiger partial charge in [0.2, 0.25) is 0 Å². The van der Waals surface area contributed by atoms with Crippen LogP contribution in [-0.4, -0.2) is 36.7 Å². The Morgan fingerprint density at radius 1 is 1.21 bits per heavy atom. The summed E-state index contributed by atoms with van der Waals surface area (Å²) in [6, 6.07) is 13.5. The topological polar surface area (TPSA) is 106 Å². The Balaban J connectivity index is 1.37. The Kier molecular flexibility index (Phi) is 9.37. The minimum absolute atomic E-state index is 0.263. The smallest absolute Gasteiger partial charge is 0.341 e. The highest BCUT2D eigenvalue weighted by molar-refractivity contribution is 7.17. The van der Waals surface area contributed by atoms with Crippen LogP contribution in [-0.2, 0) is 22.4 Å². The van der Waals surface area contributed by atoms with Crippen molar-refractivity contribution in [3.63, 3.8) is 0 Å². The number of hydrogen-bond donors (Lipinski definition) is 2. The summed E-state index contributed by atoms with van der Waals surface area (Å²) in [4.78, 5) is 39.2. The van der Waals surface area contributed by atoms with Gasteiger partial charge in [0, 0.05) is 15.5 Å². The number of amides is 2. The molecule has 0 fully saturated rings. The first-order valence-electron chi connectivity index (χ1n) is 12.7. The molecule has 2 atom stereocenters. The molecule has 10 heteroatoms. The van der Waals surface area contributed by atoms with E-state index in [0.29, 0.717) is 32.8 Å². The van der Waals surface area contributed by atoms with E-state index < -0.39 is 18.0 Å². The summed E-state index contributed by atoms with van der Waals surface area (Å²) >= 11 is 7.39. The quantitative estimate of drug-likeness (QED) is 0.191. The molecule has 1 aliphatic rings. The van der Waals surface area contributed by atoms with Gasteiger partial charge in [-0.2, -0.15) is 5.10 Å². The number of thiophene rings is 1. The normalized spacial score (nSPS) is 15.3. The van der Waals surface area contributed by atoms with Gasteiger partial charge in [0.1, 0.15) is 10.8 Å². The number of rotatable bonds is 9. The van der Waals surface area contributed by atoms with Crippen molar-refractivity contribution in [2.45, 2.75) is 46.1 Å². The second kappa shape index (κ2) is 12.9. The molecule has 0 radical (unpaired) electrons. The van der Waals surface area contributed by atoms with Gasteiger partial charge in [0.15, 0.2) is 6.10 Å². The fourth-order valence-electron chi connectivity index (χ4n) is 4.22. The number of esters is 1. The summed E-state index contributed by atoms with van der Waals surface area (Å²) < 4.78 is 11.0. The second-order valence-electron chi connectivity index (χ2n) is 9.30. The molecule has 0 saturated carbocycles. The van der Waals surface area contributed by atoms with E-state index in [2.05, 4.69) is 22.8 Å². The van der Waals surface area contributed by atoms with Crippen LogP contribution < -0.4 is 15.5 Å². The van der Waals surface area contributed by atoms with Crippen LogP contribution in [0.1, 0.15) is 63.9 Å². The number of ether oxygens (including phenoxy) is 2. The third-order valence-electron chi connectivity index (χ3n) is 6.25. The first kappa shape index (κ1) is 28.3. The van der Waals surface area contributed by atoms with E-state index in [0.717, 1.165) is 35.3 Å². The molecule has 0 aliphatic heterocycles. The molecule has 0 bridgehead atoms. The van der Waals surface area contributed by atoms with Crippen LogP contribution in [0.4, 0.5) is 5.00 Å². The molecule has 1 aromatic heterocycles. The van der Waals surface area contributed by atoms with E-state index in [1.54, 1.807) is 56.3 Å². The molecule has 1 aliphatic carbocycles. The maximum Gasteiger partial charge on any atom is 0.341 e. The molecule has 0 spiro atoms. The molecule has 2 aromatic carbocycles. The predicted molar refractivity (Wildman–Crippen MR) is 153 cm³/mol. The van der Waals surface area contributed by atoms with Gasteiger partial charge in [-0.3, -0.25) is 9.59 Å². The Morgan fingerprint density at radius 3 is 2.69 bits per heavy atom. The van der Waals surface area contributed by atoms with Crippen LogP contribution in [0.2, 0.25) is 5.02 Å². The number of anilines is 1. The monoisotopic (exact) mass is 567 g/mol. The summed E-state index contributed by atoms with van der Waals surface area (Å²) in [5, 5.41) is 7.93. The van der Waals surface area contributed by atoms with Gasteiger partial charge in [-0.1, -0.05) is 30.7 Å². The number of carbonyl (C=O) groups excluding carboxylic acids is 3. The minimum atomic E-state index is -0.826. The number of hydrazone groups is 1. The molecule has 4 rings (SSSR count). The van der Waals surface area contributed by atoms with Crippen molar-refractivity contribution in [3.8, 4) is 5.75 Å². The standard InChI is InChI=1S/C29H30ClN3O5S/c1-4-37-29(36)25-23-13-8-17(2)14-24(23)39-28(25)32-27(35)20-9-11-22(12-10-20)38-18(3)26(34)33-31-16-19-6-5-7-21(30)15-19/h5-7,9-12,15-18H,4,8,13-14H2,1-3H3,(H,32,35)(H,33,34)/b31-16-/t17-,18-/m1/s1. The van der Waals surface area contributed by atoms with E-state index in [4.69, 9.17) is 21.1 Å². The number of carbonyl (C=O) groups is 3.